The molecule has 0 saturated heterocycles. The van der Waals surface area contributed by atoms with Crippen LogP contribution in [-0.4, -0.2) is 32.3 Å². The maximum absolute atomic E-state index is 12.0. The Kier molecular flexibility index (Phi) is 5.99. The average Bonchev–Trinajstić information content (AvgIpc) is 2.59. The first kappa shape index (κ1) is 16.4. The Morgan fingerprint density at radius 3 is 2.39 bits per heavy atom. The van der Waals surface area contributed by atoms with Gasteiger partial charge in [0.1, 0.15) is 24.7 Å². The third-order valence-corrected chi connectivity index (χ3v) is 2.90. The number of nitrogens with one attached hydrogen (secondary N) is 1. The Hall–Kier alpha value is -3.02. The number of hydrogen-bond donors (Lipinski definition) is 1. The van der Waals surface area contributed by atoms with Gasteiger partial charge in [-0.2, -0.15) is 0 Å². The van der Waals surface area contributed by atoms with Crippen LogP contribution < -0.4 is 14.8 Å². The maximum Gasteiger partial charge on any atom is 0.414 e. The number of amides is 2. The van der Waals surface area contributed by atoms with Crippen molar-refractivity contribution in [3.63, 3.8) is 0 Å². The lowest BCUT2D eigenvalue weighted by atomic mass is 10.2. The van der Waals surface area contributed by atoms with Gasteiger partial charge in [-0.25, -0.2) is 4.79 Å². The highest BCUT2D eigenvalue weighted by Gasteiger charge is 2.15. The van der Waals surface area contributed by atoms with Gasteiger partial charge < -0.3 is 14.2 Å². The van der Waals surface area contributed by atoms with Crippen molar-refractivity contribution in [2.75, 3.05) is 20.3 Å². The highest BCUT2D eigenvalue weighted by Crippen LogP contribution is 2.16. The van der Waals surface area contributed by atoms with Crippen LogP contribution in [0.2, 0.25) is 0 Å². The van der Waals surface area contributed by atoms with Crippen LogP contribution in [-0.2, 0) is 4.74 Å². The number of hydrogen-bond acceptors (Lipinski definition) is 5. The number of para-hydroxylation sites is 2. The third kappa shape index (κ3) is 5.03. The number of benzene rings is 2. The molecule has 2 amide bonds. The second-order valence-corrected chi connectivity index (χ2v) is 4.45. The number of ether oxygens (including phenoxy) is 3. The normalized spacial score (nSPS) is 9.78. The average molecular weight is 315 g/mol. The summed E-state index contributed by atoms with van der Waals surface area (Å²) >= 11 is 0. The van der Waals surface area contributed by atoms with E-state index in [-0.39, 0.29) is 18.8 Å². The number of alkyl carbamates (subject to hydrolysis) is 1. The fourth-order valence-corrected chi connectivity index (χ4v) is 1.84. The molecule has 6 heteroatoms. The smallest absolute Gasteiger partial charge is 0.414 e. The van der Waals surface area contributed by atoms with E-state index in [4.69, 9.17) is 14.2 Å². The Balaban J connectivity index is 1.75. The highest BCUT2D eigenvalue weighted by molar-refractivity contribution is 6.04. The van der Waals surface area contributed by atoms with Crippen LogP contribution >= 0.6 is 0 Å². The van der Waals surface area contributed by atoms with Crippen molar-refractivity contribution in [2.45, 2.75) is 0 Å². The summed E-state index contributed by atoms with van der Waals surface area (Å²) in [5, 5.41) is 2.13. The molecule has 2 rings (SSSR count). The van der Waals surface area contributed by atoms with Crippen LogP contribution in [0.1, 0.15) is 10.4 Å². The van der Waals surface area contributed by atoms with Crippen LogP contribution in [0.4, 0.5) is 4.79 Å². The molecule has 6 nitrogen and oxygen atoms in total. The molecule has 0 aromatic heterocycles. The van der Waals surface area contributed by atoms with Crippen molar-refractivity contribution in [3.8, 4) is 11.5 Å². The lowest BCUT2D eigenvalue weighted by Crippen LogP contribution is -2.32. The molecule has 0 spiro atoms. The quantitative estimate of drug-likeness (QED) is 0.830. The molecule has 2 aromatic rings. The molecule has 0 unspecified atom stereocenters. The fourth-order valence-electron chi connectivity index (χ4n) is 1.84. The molecule has 1 N–H and O–H groups in total. The standard InChI is InChI=1S/C17H17NO5/c1-21-15-10-6-5-9-14(15)16(19)18-17(20)23-12-11-22-13-7-3-2-4-8-13/h2-10H,11-12H2,1H3,(H,18,19,20). The molecule has 0 atom stereocenters. The summed E-state index contributed by atoms with van der Waals surface area (Å²) in [4.78, 5) is 23.6. The minimum atomic E-state index is -0.836. The Labute approximate surface area is 134 Å². The van der Waals surface area contributed by atoms with E-state index in [1.54, 1.807) is 36.4 Å². The van der Waals surface area contributed by atoms with Gasteiger partial charge in [-0.1, -0.05) is 30.3 Å². The minimum Gasteiger partial charge on any atom is -0.496 e. The van der Waals surface area contributed by atoms with Crippen LogP contribution in [0.3, 0.4) is 0 Å². The van der Waals surface area contributed by atoms with Gasteiger partial charge in [0, 0.05) is 0 Å². The number of imide groups is 1. The van der Waals surface area contributed by atoms with Gasteiger partial charge in [-0.05, 0) is 24.3 Å². The summed E-state index contributed by atoms with van der Waals surface area (Å²) < 4.78 is 15.3. The van der Waals surface area contributed by atoms with Gasteiger partial charge >= 0.3 is 6.09 Å². The summed E-state index contributed by atoms with van der Waals surface area (Å²) in [6.45, 7) is 0.222. The van der Waals surface area contributed by atoms with Gasteiger partial charge in [0.2, 0.25) is 0 Å². The number of methoxy groups -OCH3 is 1. The van der Waals surface area contributed by atoms with E-state index >= 15 is 0 Å². The first-order chi connectivity index (χ1) is 11.2. The second kappa shape index (κ2) is 8.43. The summed E-state index contributed by atoms with van der Waals surface area (Å²) in [6.07, 6.45) is -0.836. The highest BCUT2D eigenvalue weighted by atomic mass is 16.6. The first-order valence-electron chi connectivity index (χ1n) is 6.99. The van der Waals surface area contributed by atoms with Crippen LogP contribution in [0.5, 0.6) is 11.5 Å². The molecule has 0 saturated carbocycles. The van der Waals surface area contributed by atoms with E-state index in [9.17, 15) is 9.59 Å². The van der Waals surface area contributed by atoms with Crippen molar-refractivity contribution >= 4 is 12.0 Å². The third-order valence-electron chi connectivity index (χ3n) is 2.90. The molecule has 0 fully saturated rings. The summed E-state index contributed by atoms with van der Waals surface area (Å²) in [5.41, 5.74) is 0.257. The summed E-state index contributed by atoms with van der Waals surface area (Å²) in [5.74, 6) is 0.475. The van der Waals surface area contributed by atoms with Crippen molar-refractivity contribution < 1.29 is 23.8 Å². The van der Waals surface area contributed by atoms with Gasteiger partial charge in [0.05, 0.1) is 12.7 Å². The minimum absolute atomic E-state index is 0.0277. The predicted octanol–water partition coefficient (Wildman–Crippen LogP) is 2.64. The van der Waals surface area contributed by atoms with E-state index in [1.165, 1.54) is 7.11 Å². The molecular formula is C17H17NO5. The summed E-state index contributed by atoms with van der Waals surface area (Å²) in [7, 11) is 1.45. The predicted molar refractivity (Wildman–Crippen MR) is 83.7 cm³/mol. The van der Waals surface area contributed by atoms with E-state index in [0.717, 1.165) is 0 Å². The summed E-state index contributed by atoms with van der Waals surface area (Å²) in [6, 6.07) is 15.7. The number of carbonyl (C=O) groups is 2. The molecule has 0 bridgehead atoms. The Bertz CT molecular complexity index is 657. The van der Waals surface area contributed by atoms with E-state index in [2.05, 4.69) is 5.32 Å². The lowest BCUT2D eigenvalue weighted by Gasteiger charge is -2.09. The van der Waals surface area contributed by atoms with Crippen LogP contribution in [0.15, 0.2) is 54.6 Å². The SMILES string of the molecule is COc1ccccc1C(=O)NC(=O)OCCOc1ccccc1. The molecule has 0 aliphatic carbocycles. The Morgan fingerprint density at radius 2 is 1.65 bits per heavy atom. The van der Waals surface area contributed by atoms with Crippen molar-refractivity contribution in [1.29, 1.82) is 0 Å². The number of rotatable bonds is 6. The zero-order valence-electron chi connectivity index (χ0n) is 12.7. The molecule has 0 heterocycles. The second-order valence-electron chi connectivity index (χ2n) is 4.45. The van der Waals surface area contributed by atoms with E-state index in [1.807, 2.05) is 18.2 Å². The zero-order valence-corrected chi connectivity index (χ0v) is 12.7. The van der Waals surface area contributed by atoms with E-state index < -0.39 is 12.0 Å². The van der Waals surface area contributed by atoms with Crippen LogP contribution in [0, 0.1) is 0 Å². The van der Waals surface area contributed by atoms with Gasteiger partial charge in [0.25, 0.3) is 5.91 Å². The van der Waals surface area contributed by atoms with Crippen molar-refractivity contribution in [1.82, 2.24) is 5.32 Å². The molecule has 120 valence electrons. The van der Waals surface area contributed by atoms with E-state index in [0.29, 0.717) is 11.5 Å². The largest absolute Gasteiger partial charge is 0.496 e. The molecular weight excluding hydrogens is 298 g/mol. The van der Waals surface area contributed by atoms with Crippen LogP contribution in [0.25, 0.3) is 0 Å². The number of carbonyl (C=O) groups excluding carboxylic acids is 2. The topological polar surface area (TPSA) is 73.9 Å². The zero-order chi connectivity index (χ0) is 16.5. The van der Waals surface area contributed by atoms with Crippen molar-refractivity contribution in [3.05, 3.63) is 60.2 Å². The molecule has 0 aliphatic rings. The van der Waals surface area contributed by atoms with Crippen molar-refractivity contribution in [2.24, 2.45) is 0 Å². The molecule has 2 aromatic carbocycles. The fraction of sp³-hybridized carbons (Fsp3) is 0.176. The maximum atomic E-state index is 12.0. The first-order valence-corrected chi connectivity index (χ1v) is 6.99. The molecule has 0 aliphatic heterocycles. The monoisotopic (exact) mass is 315 g/mol. The van der Waals surface area contributed by atoms with Gasteiger partial charge in [0.15, 0.2) is 0 Å². The molecule has 23 heavy (non-hydrogen) atoms. The Morgan fingerprint density at radius 1 is 0.957 bits per heavy atom. The lowest BCUT2D eigenvalue weighted by molar-refractivity contribution is 0.0897. The molecule has 0 radical (unpaired) electrons. The van der Waals surface area contributed by atoms with Gasteiger partial charge in [-0.15, -0.1) is 0 Å². The van der Waals surface area contributed by atoms with Gasteiger partial charge in [-0.3, -0.25) is 10.1 Å².